The summed E-state index contributed by atoms with van der Waals surface area (Å²) in [7, 11) is 0. The van der Waals surface area contributed by atoms with Crippen LogP contribution < -0.4 is 11.3 Å². The maximum Gasteiger partial charge on any atom is 0.272 e. The Labute approximate surface area is 113 Å². The lowest BCUT2D eigenvalue weighted by atomic mass is 10.0. The van der Waals surface area contributed by atoms with Gasteiger partial charge in [0.15, 0.2) is 0 Å². The monoisotopic (exact) mass is 271 g/mol. The molecular weight excluding hydrogens is 262 g/mol. The van der Waals surface area contributed by atoms with Gasteiger partial charge in [-0.1, -0.05) is 35.9 Å². The Morgan fingerprint density at radius 3 is 2.58 bits per heavy atom. The van der Waals surface area contributed by atoms with Gasteiger partial charge >= 0.3 is 0 Å². The molecule has 0 saturated carbocycles. The zero-order valence-corrected chi connectivity index (χ0v) is 10.6. The van der Waals surface area contributed by atoms with Crippen molar-refractivity contribution in [3.63, 3.8) is 0 Å². The lowest BCUT2D eigenvalue weighted by molar-refractivity contribution is 1.02. The minimum atomic E-state index is -0.207. The average molecular weight is 272 g/mol. The van der Waals surface area contributed by atoms with Crippen molar-refractivity contribution in [2.45, 2.75) is 0 Å². The highest BCUT2D eigenvalue weighted by atomic mass is 35.5. The van der Waals surface area contributed by atoms with E-state index < -0.39 is 0 Å². The summed E-state index contributed by atoms with van der Waals surface area (Å²) in [6.45, 7) is 0. The Morgan fingerprint density at radius 1 is 1.11 bits per heavy atom. The standard InChI is InChI=1S/C14H10ClN3O/c15-11-6-5-8(7-12(11)16)13-9-3-1-2-4-10(9)14(19)18-17-13/h1-7H,16H2,(H,18,19). The molecule has 0 unspecified atom stereocenters. The number of nitrogen functional groups attached to an aromatic ring is 1. The predicted octanol–water partition coefficient (Wildman–Crippen LogP) is 2.83. The number of fused-ring (bicyclic) bond motifs is 1. The highest BCUT2D eigenvalue weighted by Gasteiger charge is 2.09. The number of aromatic nitrogens is 2. The van der Waals surface area contributed by atoms with Gasteiger partial charge in [-0.15, -0.1) is 0 Å². The first kappa shape index (κ1) is 11.7. The van der Waals surface area contributed by atoms with Crippen LogP contribution in [0, 0.1) is 0 Å². The molecule has 1 aromatic heterocycles. The second-order valence-electron chi connectivity index (χ2n) is 4.18. The van der Waals surface area contributed by atoms with Crippen LogP contribution in [0.5, 0.6) is 0 Å². The fourth-order valence-electron chi connectivity index (χ4n) is 2.03. The molecule has 1 heterocycles. The molecule has 3 aromatic rings. The van der Waals surface area contributed by atoms with Crippen LogP contribution >= 0.6 is 11.6 Å². The Morgan fingerprint density at radius 2 is 1.84 bits per heavy atom. The van der Waals surface area contributed by atoms with Crippen LogP contribution in [0.25, 0.3) is 22.0 Å². The van der Waals surface area contributed by atoms with Crippen molar-refractivity contribution in [3.05, 3.63) is 57.8 Å². The molecule has 0 aliphatic carbocycles. The molecule has 3 N–H and O–H groups in total. The summed E-state index contributed by atoms with van der Waals surface area (Å²) in [4.78, 5) is 11.7. The van der Waals surface area contributed by atoms with E-state index in [9.17, 15) is 4.79 Å². The van der Waals surface area contributed by atoms with E-state index in [-0.39, 0.29) is 5.56 Å². The molecule has 0 amide bonds. The Kier molecular flexibility index (Phi) is 2.72. The molecule has 3 rings (SSSR count). The van der Waals surface area contributed by atoms with E-state index in [0.717, 1.165) is 10.9 Å². The summed E-state index contributed by atoms with van der Waals surface area (Å²) in [6, 6.07) is 12.6. The summed E-state index contributed by atoms with van der Waals surface area (Å²) < 4.78 is 0. The summed E-state index contributed by atoms with van der Waals surface area (Å²) >= 11 is 5.91. The molecule has 4 nitrogen and oxygen atoms in total. The van der Waals surface area contributed by atoms with Gasteiger partial charge in [0.1, 0.15) is 0 Å². The minimum absolute atomic E-state index is 0.207. The molecule has 0 atom stereocenters. The van der Waals surface area contributed by atoms with E-state index in [1.54, 1.807) is 18.2 Å². The second-order valence-corrected chi connectivity index (χ2v) is 4.59. The fraction of sp³-hybridized carbons (Fsp3) is 0. The van der Waals surface area contributed by atoms with Crippen molar-refractivity contribution in [2.24, 2.45) is 0 Å². The molecule has 0 spiro atoms. The van der Waals surface area contributed by atoms with Crippen LogP contribution in [0.15, 0.2) is 47.3 Å². The number of aromatic amines is 1. The highest BCUT2D eigenvalue weighted by Crippen LogP contribution is 2.28. The molecule has 0 radical (unpaired) electrons. The molecular formula is C14H10ClN3O. The zero-order valence-electron chi connectivity index (χ0n) is 9.85. The maximum atomic E-state index is 11.7. The van der Waals surface area contributed by atoms with Gasteiger partial charge < -0.3 is 5.73 Å². The fourth-order valence-corrected chi connectivity index (χ4v) is 2.14. The van der Waals surface area contributed by atoms with Gasteiger partial charge in [-0.25, -0.2) is 5.10 Å². The third-order valence-electron chi connectivity index (χ3n) is 2.97. The topological polar surface area (TPSA) is 71.8 Å². The third-order valence-corrected chi connectivity index (χ3v) is 3.31. The molecule has 0 bridgehead atoms. The van der Waals surface area contributed by atoms with Crippen molar-refractivity contribution in [1.29, 1.82) is 0 Å². The predicted molar refractivity (Wildman–Crippen MR) is 77.2 cm³/mol. The van der Waals surface area contributed by atoms with Crippen molar-refractivity contribution in [1.82, 2.24) is 10.2 Å². The first-order chi connectivity index (χ1) is 9.16. The van der Waals surface area contributed by atoms with Crippen molar-refractivity contribution >= 4 is 28.1 Å². The average Bonchev–Trinajstić information content (AvgIpc) is 2.43. The van der Waals surface area contributed by atoms with Crippen LogP contribution in [0.3, 0.4) is 0 Å². The number of hydrogen-bond donors (Lipinski definition) is 2. The van der Waals surface area contributed by atoms with Gasteiger partial charge in [0.05, 0.1) is 21.8 Å². The summed E-state index contributed by atoms with van der Waals surface area (Å²) in [6.07, 6.45) is 0. The third kappa shape index (κ3) is 1.96. The Bertz CT molecular complexity index is 826. The number of halogens is 1. The van der Waals surface area contributed by atoms with E-state index >= 15 is 0 Å². The molecule has 2 aromatic carbocycles. The summed E-state index contributed by atoms with van der Waals surface area (Å²) in [5.41, 5.74) is 7.57. The number of H-pyrrole nitrogens is 1. The van der Waals surface area contributed by atoms with Gasteiger partial charge in [-0.2, -0.15) is 5.10 Å². The maximum absolute atomic E-state index is 11.7. The van der Waals surface area contributed by atoms with Gasteiger partial charge in [0, 0.05) is 10.9 Å². The van der Waals surface area contributed by atoms with Crippen LogP contribution in [0.2, 0.25) is 5.02 Å². The second kappa shape index (κ2) is 4.40. The molecule has 0 aliphatic heterocycles. The first-order valence-electron chi connectivity index (χ1n) is 5.69. The Balaban J connectivity index is 2.34. The van der Waals surface area contributed by atoms with E-state index in [0.29, 0.717) is 21.8 Å². The van der Waals surface area contributed by atoms with Crippen LogP contribution in [-0.4, -0.2) is 10.2 Å². The number of nitrogens with one attached hydrogen (secondary N) is 1. The van der Waals surface area contributed by atoms with Crippen molar-refractivity contribution in [2.75, 3.05) is 5.73 Å². The quantitative estimate of drug-likeness (QED) is 0.669. The molecule has 0 fully saturated rings. The van der Waals surface area contributed by atoms with E-state index in [1.807, 2.05) is 24.3 Å². The van der Waals surface area contributed by atoms with Gasteiger partial charge in [-0.3, -0.25) is 4.79 Å². The zero-order chi connectivity index (χ0) is 13.4. The number of hydrogen-bond acceptors (Lipinski definition) is 3. The summed E-state index contributed by atoms with van der Waals surface area (Å²) in [5.74, 6) is 0. The smallest absolute Gasteiger partial charge is 0.272 e. The lowest BCUT2D eigenvalue weighted by Gasteiger charge is -2.06. The first-order valence-corrected chi connectivity index (χ1v) is 6.07. The molecule has 19 heavy (non-hydrogen) atoms. The Hall–Kier alpha value is -2.33. The van der Waals surface area contributed by atoms with Gasteiger partial charge in [-0.05, 0) is 18.2 Å². The number of rotatable bonds is 1. The van der Waals surface area contributed by atoms with E-state index in [4.69, 9.17) is 17.3 Å². The molecule has 0 aliphatic rings. The van der Waals surface area contributed by atoms with E-state index in [1.165, 1.54) is 0 Å². The normalized spacial score (nSPS) is 10.8. The summed E-state index contributed by atoms with van der Waals surface area (Å²) in [5, 5.41) is 8.49. The number of nitrogens with zero attached hydrogens (tertiary/aromatic N) is 1. The lowest BCUT2D eigenvalue weighted by Crippen LogP contribution is -2.09. The largest absolute Gasteiger partial charge is 0.398 e. The highest BCUT2D eigenvalue weighted by molar-refractivity contribution is 6.33. The molecule has 94 valence electrons. The van der Waals surface area contributed by atoms with Gasteiger partial charge in [0.25, 0.3) is 5.56 Å². The van der Waals surface area contributed by atoms with Crippen LogP contribution in [0.1, 0.15) is 0 Å². The van der Waals surface area contributed by atoms with E-state index in [2.05, 4.69) is 10.2 Å². The van der Waals surface area contributed by atoms with Crippen LogP contribution in [0.4, 0.5) is 5.69 Å². The number of benzene rings is 2. The minimum Gasteiger partial charge on any atom is -0.398 e. The van der Waals surface area contributed by atoms with Crippen molar-refractivity contribution in [3.8, 4) is 11.3 Å². The molecule has 0 saturated heterocycles. The van der Waals surface area contributed by atoms with Gasteiger partial charge in [0.2, 0.25) is 0 Å². The number of nitrogens with two attached hydrogens (primary N) is 1. The molecule has 5 heteroatoms. The number of anilines is 1. The SMILES string of the molecule is Nc1cc(-c2n[nH]c(=O)c3ccccc23)ccc1Cl. The van der Waals surface area contributed by atoms with Crippen LogP contribution in [-0.2, 0) is 0 Å². The van der Waals surface area contributed by atoms with Crippen molar-refractivity contribution < 1.29 is 0 Å².